The lowest BCUT2D eigenvalue weighted by atomic mass is 10.00. The predicted molar refractivity (Wildman–Crippen MR) is 100 cm³/mol. The summed E-state index contributed by atoms with van der Waals surface area (Å²) in [6, 6.07) is 12.3. The van der Waals surface area contributed by atoms with E-state index in [4.69, 9.17) is 14.2 Å². The van der Waals surface area contributed by atoms with E-state index in [-0.39, 0.29) is 0 Å². The van der Waals surface area contributed by atoms with Crippen molar-refractivity contribution in [2.75, 3.05) is 21.3 Å². The first-order valence-corrected chi connectivity index (χ1v) is 8.35. The van der Waals surface area contributed by atoms with E-state index in [1.54, 1.807) is 21.3 Å². The molecule has 0 atom stereocenters. The Labute approximate surface area is 148 Å². The highest BCUT2D eigenvalue weighted by Crippen LogP contribution is 2.31. The Morgan fingerprint density at radius 3 is 2.28 bits per heavy atom. The minimum Gasteiger partial charge on any atom is -0.496 e. The van der Waals surface area contributed by atoms with Crippen LogP contribution in [0, 0.1) is 0 Å². The third-order valence-corrected chi connectivity index (χ3v) is 4.45. The Balaban J connectivity index is 2.04. The SMILES string of the molecule is CCc1cc2c(Cc3ccc(OC)c(OC)c3)nccc2cc1OC. The highest BCUT2D eigenvalue weighted by atomic mass is 16.5. The molecular formula is C21H23NO3. The zero-order chi connectivity index (χ0) is 17.8. The summed E-state index contributed by atoms with van der Waals surface area (Å²) in [4.78, 5) is 4.62. The maximum atomic E-state index is 5.51. The largest absolute Gasteiger partial charge is 0.496 e. The quantitative estimate of drug-likeness (QED) is 0.668. The van der Waals surface area contributed by atoms with Gasteiger partial charge >= 0.3 is 0 Å². The van der Waals surface area contributed by atoms with E-state index in [1.807, 2.05) is 30.5 Å². The molecule has 4 nitrogen and oxygen atoms in total. The van der Waals surface area contributed by atoms with Gasteiger partial charge in [0.2, 0.25) is 0 Å². The number of pyridine rings is 1. The van der Waals surface area contributed by atoms with E-state index in [9.17, 15) is 0 Å². The van der Waals surface area contributed by atoms with Gasteiger partial charge in [-0.25, -0.2) is 0 Å². The van der Waals surface area contributed by atoms with Crippen LogP contribution >= 0.6 is 0 Å². The van der Waals surface area contributed by atoms with Crippen molar-refractivity contribution >= 4 is 10.8 Å². The van der Waals surface area contributed by atoms with Crippen LogP contribution in [0.1, 0.15) is 23.7 Å². The zero-order valence-electron chi connectivity index (χ0n) is 15.1. The summed E-state index contributed by atoms with van der Waals surface area (Å²) >= 11 is 0. The Kier molecular flexibility index (Phi) is 5.08. The summed E-state index contributed by atoms with van der Waals surface area (Å²) < 4.78 is 16.2. The number of ether oxygens (including phenoxy) is 3. The zero-order valence-corrected chi connectivity index (χ0v) is 15.1. The molecule has 1 heterocycles. The molecule has 4 heteroatoms. The van der Waals surface area contributed by atoms with Gasteiger partial charge in [-0.2, -0.15) is 0 Å². The number of aromatic nitrogens is 1. The molecule has 0 aliphatic heterocycles. The second-order valence-corrected chi connectivity index (χ2v) is 5.86. The van der Waals surface area contributed by atoms with Crippen molar-refractivity contribution in [3.8, 4) is 17.2 Å². The minimum absolute atomic E-state index is 0.729. The molecule has 2 aromatic carbocycles. The molecule has 0 amide bonds. The molecule has 0 spiro atoms. The molecule has 0 aliphatic carbocycles. The van der Waals surface area contributed by atoms with Crippen molar-refractivity contribution in [3.05, 3.63) is 59.4 Å². The van der Waals surface area contributed by atoms with Gasteiger partial charge in [0.25, 0.3) is 0 Å². The van der Waals surface area contributed by atoms with Crippen molar-refractivity contribution in [1.82, 2.24) is 4.98 Å². The molecule has 0 radical (unpaired) electrons. The number of hydrogen-bond donors (Lipinski definition) is 0. The fourth-order valence-electron chi connectivity index (χ4n) is 3.10. The third-order valence-electron chi connectivity index (χ3n) is 4.45. The smallest absolute Gasteiger partial charge is 0.160 e. The Bertz CT molecular complexity index is 890. The molecule has 0 aliphatic rings. The van der Waals surface area contributed by atoms with Gasteiger partial charge in [0, 0.05) is 18.0 Å². The lowest BCUT2D eigenvalue weighted by Crippen LogP contribution is -1.98. The lowest BCUT2D eigenvalue weighted by molar-refractivity contribution is 0.354. The standard InChI is InChI=1S/C21H23NO3/c1-5-15-12-17-16(13-20(15)24-3)8-9-22-18(17)10-14-6-7-19(23-2)21(11-14)25-4/h6-9,11-13H,5,10H2,1-4H3. The predicted octanol–water partition coefficient (Wildman–Crippen LogP) is 4.41. The molecule has 0 saturated carbocycles. The van der Waals surface area contributed by atoms with Gasteiger partial charge in [0.05, 0.1) is 27.0 Å². The number of fused-ring (bicyclic) bond motifs is 1. The van der Waals surface area contributed by atoms with Crippen LogP contribution in [0.2, 0.25) is 0 Å². The Morgan fingerprint density at radius 1 is 0.840 bits per heavy atom. The van der Waals surface area contributed by atoms with E-state index in [2.05, 4.69) is 24.0 Å². The van der Waals surface area contributed by atoms with E-state index in [1.165, 1.54) is 5.56 Å². The van der Waals surface area contributed by atoms with Crippen molar-refractivity contribution in [2.24, 2.45) is 0 Å². The van der Waals surface area contributed by atoms with Crippen LogP contribution in [-0.2, 0) is 12.8 Å². The first-order valence-electron chi connectivity index (χ1n) is 8.35. The summed E-state index contributed by atoms with van der Waals surface area (Å²) in [6.07, 6.45) is 3.50. The molecule has 1 aromatic heterocycles. The third kappa shape index (κ3) is 3.38. The molecule has 0 saturated heterocycles. The van der Waals surface area contributed by atoms with E-state index >= 15 is 0 Å². The van der Waals surface area contributed by atoms with Crippen molar-refractivity contribution in [1.29, 1.82) is 0 Å². The van der Waals surface area contributed by atoms with Crippen LogP contribution < -0.4 is 14.2 Å². The first-order chi connectivity index (χ1) is 12.2. The van der Waals surface area contributed by atoms with Gasteiger partial charge in [-0.1, -0.05) is 13.0 Å². The lowest BCUT2D eigenvalue weighted by Gasteiger charge is -2.13. The molecule has 0 fully saturated rings. The van der Waals surface area contributed by atoms with Gasteiger partial charge in [0.1, 0.15) is 5.75 Å². The van der Waals surface area contributed by atoms with Crippen LogP contribution in [0.3, 0.4) is 0 Å². The normalized spacial score (nSPS) is 10.7. The number of methoxy groups -OCH3 is 3. The van der Waals surface area contributed by atoms with Gasteiger partial charge in [-0.3, -0.25) is 4.98 Å². The van der Waals surface area contributed by atoms with E-state index in [0.29, 0.717) is 0 Å². The van der Waals surface area contributed by atoms with Gasteiger partial charge in [0.15, 0.2) is 11.5 Å². The number of nitrogens with zero attached hydrogens (tertiary/aromatic N) is 1. The minimum atomic E-state index is 0.729. The molecule has 0 unspecified atom stereocenters. The van der Waals surface area contributed by atoms with Crippen molar-refractivity contribution in [2.45, 2.75) is 19.8 Å². The van der Waals surface area contributed by atoms with E-state index in [0.717, 1.165) is 52.1 Å². The van der Waals surface area contributed by atoms with Crippen LogP contribution in [0.15, 0.2) is 42.6 Å². The second-order valence-electron chi connectivity index (χ2n) is 5.86. The van der Waals surface area contributed by atoms with Gasteiger partial charge in [-0.15, -0.1) is 0 Å². The fraction of sp³-hybridized carbons (Fsp3) is 0.286. The highest BCUT2D eigenvalue weighted by Gasteiger charge is 2.11. The first kappa shape index (κ1) is 17.1. The van der Waals surface area contributed by atoms with Crippen molar-refractivity contribution in [3.63, 3.8) is 0 Å². The summed E-state index contributed by atoms with van der Waals surface area (Å²) in [6.45, 7) is 2.13. The van der Waals surface area contributed by atoms with Crippen LogP contribution in [-0.4, -0.2) is 26.3 Å². The monoisotopic (exact) mass is 337 g/mol. The summed E-state index contributed by atoms with van der Waals surface area (Å²) in [5.74, 6) is 2.39. The van der Waals surface area contributed by atoms with Crippen molar-refractivity contribution < 1.29 is 14.2 Å². The Hall–Kier alpha value is -2.75. The van der Waals surface area contributed by atoms with Crippen LogP contribution in [0.4, 0.5) is 0 Å². The molecule has 130 valence electrons. The fourth-order valence-corrected chi connectivity index (χ4v) is 3.10. The van der Waals surface area contributed by atoms with E-state index < -0.39 is 0 Å². The topological polar surface area (TPSA) is 40.6 Å². The average molecular weight is 337 g/mol. The van der Waals surface area contributed by atoms with Crippen LogP contribution in [0.5, 0.6) is 17.2 Å². The molecule has 0 bridgehead atoms. The average Bonchev–Trinajstić information content (AvgIpc) is 2.66. The number of aryl methyl sites for hydroxylation is 1. The highest BCUT2D eigenvalue weighted by molar-refractivity contribution is 5.87. The number of hydrogen-bond acceptors (Lipinski definition) is 4. The molecule has 3 aromatic rings. The molecular weight excluding hydrogens is 314 g/mol. The molecule has 25 heavy (non-hydrogen) atoms. The van der Waals surface area contributed by atoms with Gasteiger partial charge < -0.3 is 14.2 Å². The number of benzene rings is 2. The maximum absolute atomic E-state index is 5.51. The maximum Gasteiger partial charge on any atom is 0.160 e. The van der Waals surface area contributed by atoms with Gasteiger partial charge in [-0.05, 0) is 53.3 Å². The molecule has 3 rings (SSSR count). The summed E-state index contributed by atoms with van der Waals surface area (Å²) in [5, 5.41) is 2.30. The number of rotatable bonds is 6. The summed E-state index contributed by atoms with van der Waals surface area (Å²) in [7, 11) is 5.01. The Morgan fingerprint density at radius 2 is 1.60 bits per heavy atom. The summed E-state index contributed by atoms with van der Waals surface area (Å²) in [5.41, 5.74) is 3.37. The molecule has 0 N–H and O–H groups in total. The second kappa shape index (κ2) is 7.43. The van der Waals surface area contributed by atoms with Crippen LogP contribution in [0.25, 0.3) is 10.8 Å².